The number of methoxy groups -OCH3 is 3. The van der Waals surface area contributed by atoms with Crippen molar-refractivity contribution < 1.29 is 19.0 Å². The number of benzene rings is 1. The molecule has 1 aromatic carbocycles. The van der Waals surface area contributed by atoms with Crippen molar-refractivity contribution in [3.05, 3.63) is 12.1 Å². The van der Waals surface area contributed by atoms with Crippen molar-refractivity contribution in [2.45, 2.75) is 0 Å². The summed E-state index contributed by atoms with van der Waals surface area (Å²) in [6.07, 6.45) is 4.05. The van der Waals surface area contributed by atoms with Gasteiger partial charge >= 0.3 is 0 Å². The smallest absolute Gasteiger partial charge is 0.274 e. The molecule has 1 aromatic rings. The van der Waals surface area contributed by atoms with Crippen LogP contribution in [0.25, 0.3) is 0 Å². The maximum absolute atomic E-state index is 11.8. The summed E-state index contributed by atoms with van der Waals surface area (Å²) in [7, 11) is 4.68. The molecule has 0 heterocycles. The highest BCUT2D eigenvalue weighted by Crippen LogP contribution is 2.39. The largest absolute Gasteiger partial charge is 0.493 e. The van der Waals surface area contributed by atoms with Gasteiger partial charge in [-0.25, -0.2) is 0 Å². The van der Waals surface area contributed by atoms with Gasteiger partial charge in [0.05, 0.1) is 33.8 Å². The fourth-order valence-electron chi connectivity index (χ4n) is 1.61. The molecule has 106 valence electrons. The molecule has 0 bridgehead atoms. The minimum Gasteiger partial charge on any atom is -0.493 e. The average molecular weight is 286 g/mol. The van der Waals surface area contributed by atoms with Crippen molar-refractivity contribution in [1.29, 1.82) is 0 Å². The van der Waals surface area contributed by atoms with Crippen LogP contribution in [0.15, 0.2) is 12.1 Å². The Labute approximate surface area is 116 Å². The molecule has 0 saturated heterocycles. The summed E-state index contributed by atoms with van der Waals surface area (Å²) in [5, 5.41) is 2.83. The number of carbonyl (C=O) groups is 1. The van der Waals surface area contributed by atoms with Crippen LogP contribution in [0.1, 0.15) is 0 Å². The van der Waals surface area contributed by atoms with Crippen LogP contribution in [-0.4, -0.2) is 45.5 Å². The Morgan fingerprint density at radius 1 is 1.11 bits per heavy atom. The lowest BCUT2D eigenvalue weighted by Gasteiger charge is -2.14. The maximum Gasteiger partial charge on any atom is 0.274 e. The molecule has 0 saturated carbocycles. The molecule has 5 nitrogen and oxygen atoms in total. The third-order valence-corrected chi connectivity index (χ3v) is 3.21. The third-order valence-electron chi connectivity index (χ3n) is 2.37. The molecular formula is C13H20NO4S+. The van der Waals surface area contributed by atoms with Crippen LogP contribution < -0.4 is 19.5 Å². The van der Waals surface area contributed by atoms with Crippen LogP contribution in [0, 0.1) is 0 Å². The average Bonchev–Trinajstić information content (AvgIpc) is 2.36. The monoisotopic (exact) mass is 286 g/mol. The number of hydrogen-bond donors (Lipinski definition) is 1. The first-order chi connectivity index (χ1) is 9.01. The van der Waals surface area contributed by atoms with Gasteiger partial charge in [-0.3, -0.25) is 4.79 Å². The highest BCUT2D eigenvalue weighted by Gasteiger charge is 2.16. The van der Waals surface area contributed by atoms with Gasteiger partial charge in [0.2, 0.25) is 5.75 Å². The van der Waals surface area contributed by atoms with Crippen LogP contribution in [0.4, 0.5) is 5.69 Å². The highest BCUT2D eigenvalue weighted by atomic mass is 32.2. The van der Waals surface area contributed by atoms with Gasteiger partial charge in [0, 0.05) is 17.8 Å². The predicted octanol–water partition coefficient (Wildman–Crippen LogP) is 1.53. The quantitative estimate of drug-likeness (QED) is 0.806. The summed E-state index contributed by atoms with van der Waals surface area (Å²) < 4.78 is 15.7. The Hall–Kier alpha value is -1.56. The van der Waals surface area contributed by atoms with Gasteiger partial charge in [0.25, 0.3) is 5.91 Å². The van der Waals surface area contributed by atoms with E-state index in [-0.39, 0.29) is 16.8 Å². The molecule has 6 heteroatoms. The van der Waals surface area contributed by atoms with Gasteiger partial charge in [-0.1, -0.05) is 0 Å². The number of anilines is 1. The van der Waals surface area contributed by atoms with Gasteiger partial charge in [0.15, 0.2) is 17.3 Å². The van der Waals surface area contributed by atoms with Crippen molar-refractivity contribution in [1.82, 2.24) is 0 Å². The normalized spacial score (nSPS) is 10.2. The van der Waals surface area contributed by atoms with Gasteiger partial charge in [-0.05, 0) is 10.9 Å². The number of carbonyl (C=O) groups excluding carboxylic acids is 1. The molecule has 0 fully saturated rings. The molecular weight excluding hydrogens is 266 g/mol. The Bertz CT molecular complexity index is 423. The minimum absolute atomic E-state index is 0.0254. The second-order valence-electron chi connectivity index (χ2n) is 4.09. The summed E-state index contributed by atoms with van der Waals surface area (Å²) in [5.74, 6) is 2.01. The summed E-state index contributed by atoms with van der Waals surface area (Å²) >= 11 is 0. The standard InChI is InChI=1S/C13H19NO4S/c1-16-10-6-9(14-12(15)8-19(4)5)7-11(17-2)13(10)18-3/h6-7H,8H2,1-5H3/p+1. The molecule has 0 spiro atoms. The molecule has 0 aliphatic heterocycles. The third kappa shape index (κ3) is 4.24. The summed E-state index contributed by atoms with van der Waals surface area (Å²) in [5.41, 5.74) is 0.630. The fourth-order valence-corrected chi connectivity index (χ4v) is 2.21. The Balaban J connectivity index is 2.99. The van der Waals surface area contributed by atoms with E-state index in [1.54, 1.807) is 33.5 Å². The molecule has 1 amide bonds. The van der Waals surface area contributed by atoms with Crippen LogP contribution in [0.3, 0.4) is 0 Å². The zero-order valence-electron chi connectivity index (χ0n) is 11.9. The minimum atomic E-state index is -0.0254. The number of amides is 1. The number of nitrogens with one attached hydrogen (secondary N) is 1. The maximum atomic E-state index is 11.8. The van der Waals surface area contributed by atoms with Crippen LogP contribution in [0.5, 0.6) is 17.2 Å². The second-order valence-corrected chi connectivity index (χ2v) is 6.35. The van der Waals surface area contributed by atoms with E-state index in [9.17, 15) is 4.79 Å². The van der Waals surface area contributed by atoms with Gasteiger partial charge in [-0.2, -0.15) is 0 Å². The lowest BCUT2D eigenvalue weighted by atomic mass is 10.2. The molecule has 19 heavy (non-hydrogen) atoms. The molecule has 0 atom stereocenters. The van der Waals surface area contributed by atoms with E-state index < -0.39 is 0 Å². The van der Waals surface area contributed by atoms with Crippen molar-refractivity contribution in [3.63, 3.8) is 0 Å². The van der Waals surface area contributed by atoms with Crippen molar-refractivity contribution in [2.24, 2.45) is 0 Å². The first-order valence-electron chi connectivity index (χ1n) is 5.65. The number of ether oxygens (including phenoxy) is 3. The molecule has 1 rings (SSSR count). The van der Waals surface area contributed by atoms with Crippen molar-refractivity contribution >= 4 is 22.5 Å². The van der Waals surface area contributed by atoms with Gasteiger partial charge < -0.3 is 19.5 Å². The van der Waals surface area contributed by atoms with Crippen LogP contribution in [-0.2, 0) is 15.7 Å². The van der Waals surface area contributed by atoms with E-state index in [0.717, 1.165) is 0 Å². The van der Waals surface area contributed by atoms with Crippen LogP contribution >= 0.6 is 0 Å². The fraction of sp³-hybridized carbons (Fsp3) is 0.462. The molecule has 0 aliphatic rings. The number of rotatable bonds is 6. The molecule has 0 radical (unpaired) electrons. The van der Waals surface area contributed by atoms with E-state index in [0.29, 0.717) is 28.7 Å². The first kappa shape index (κ1) is 15.5. The van der Waals surface area contributed by atoms with Crippen LogP contribution in [0.2, 0.25) is 0 Å². The Morgan fingerprint density at radius 2 is 1.63 bits per heavy atom. The van der Waals surface area contributed by atoms with Gasteiger partial charge in [-0.15, -0.1) is 0 Å². The zero-order chi connectivity index (χ0) is 14.4. The summed E-state index contributed by atoms with van der Waals surface area (Å²) in [6, 6.07) is 3.42. The van der Waals surface area contributed by atoms with E-state index in [1.807, 2.05) is 12.5 Å². The second kappa shape index (κ2) is 7.13. The number of hydrogen-bond acceptors (Lipinski definition) is 4. The van der Waals surface area contributed by atoms with Crippen molar-refractivity contribution in [2.75, 3.05) is 44.9 Å². The predicted molar refractivity (Wildman–Crippen MR) is 78.8 cm³/mol. The molecule has 0 aromatic heterocycles. The van der Waals surface area contributed by atoms with E-state index >= 15 is 0 Å². The summed E-state index contributed by atoms with van der Waals surface area (Å²) in [6.45, 7) is 0. The van der Waals surface area contributed by atoms with Gasteiger partial charge in [0.1, 0.15) is 0 Å². The SMILES string of the molecule is COc1cc(NC(=O)C[S+](C)C)cc(OC)c1OC. The van der Waals surface area contributed by atoms with Crippen molar-refractivity contribution in [3.8, 4) is 17.2 Å². The molecule has 0 aliphatic carbocycles. The molecule has 1 N–H and O–H groups in total. The lowest BCUT2D eigenvalue weighted by Crippen LogP contribution is -2.21. The first-order valence-corrected chi connectivity index (χ1v) is 7.87. The Morgan fingerprint density at radius 3 is 2.00 bits per heavy atom. The highest BCUT2D eigenvalue weighted by molar-refractivity contribution is 7.96. The van der Waals surface area contributed by atoms with E-state index in [2.05, 4.69) is 5.32 Å². The topological polar surface area (TPSA) is 56.8 Å². The molecule has 0 unspecified atom stereocenters. The zero-order valence-corrected chi connectivity index (χ0v) is 12.7. The van der Waals surface area contributed by atoms with E-state index in [1.165, 1.54) is 0 Å². The Kier molecular flexibility index (Phi) is 5.82. The lowest BCUT2D eigenvalue weighted by molar-refractivity contribution is -0.113. The van der Waals surface area contributed by atoms with E-state index in [4.69, 9.17) is 14.2 Å². The summed E-state index contributed by atoms with van der Waals surface area (Å²) in [4.78, 5) is 11.8.